The van der Waals surface area contributed by atoms with Crippen molar-refractivity contribution in [2.24, 2.45) is 0 Å². The molecule has 0 amide bonds. The highest BCUT2D eigenvalue weighted by atomic mass is 16.5. The standard InChI is InChI=1S/C14H21NO3/c1-10-4-5-11(2)12(6-10)8-15-9-13(16)7-14(17)18-3/h4-6,13,15-16H,7-9H2,1-3H3. The van der Waals surface area contributed by atoms with Crippen LogP contribution in [-0.2, 0) is 16.1 Å². The molecule has 0 fully saturated rings. The van der Waals surface area contributed by atoms with Gasteiger partial charge in [0.15, 0.2) is 0 Å². The maximum absolute atomic E-state index is 10.9. The highest BCUT2D eigenvalue weighted by Crippen LogP contribution is 2.10. The third-order valence-electron chi connectivity index (χ3n) is 2.83. The molecule has 4 heteroatoms. The average Bonchev–Trinajstić information content (AvgIpc) is 2.33. The van der Waals surface area contributed by atoms with Crippen molar-refractivity contribution in [1.29, 1.82) is 0 Å². The van der Waals surface area contributed by atoms with E-state index in [0.717, 1.165) is 0 Å². The molecule has 1 rings (SSSR count). The van der Waals surface area contributed by atoms with Crippen LogP contribution in [-0.4, -0.2) is 30.8 Å². The first-order chi connectivity index (χ1) is 8.52. The minimum absolute atomic E-state index is 0.0241. The number of hydrogen-bond acceptors (Lipinski definition) is 4. The normalized spacial score (nSPS) is 12.2. The van der Waals surface area contributed by atoms with E-state index in [0.29, 0.717) is 13.1 Å². The third kappa shape index (κ3) is 4.85. The van der Waals surface area contributed by atoms with Gasteiger partial charge in [0.1, 0.15) is 0 Å². The molecule has 0 aliphatic heterocycles. The van der Waals surface area contributed by atoms with Crippen LogP contribution in [0.1, 0.15) is 23.1 Å². The Morgan fingerprint density at radius 1 is 1.44 bits per heavy atom. The lowest BCUT2D eigenvalue weighted by atomic mass is 10.1. The Labute approximate surface area is 108 Å². The number of rotatable bonds is 6. The molecule has 0 spiro atoms. The number of nitrogens with one attached hydrogen (secondary N) is 1. The molecule has 0 aromatic heterocycles. The second-order valence-electron chi connectivity index (χ2n) is 4.49. The Kier molecular flexibility index (Phi) is 5.82. The van der Waals surface area contributed by atoms with Gasteiger partial charge < -0.3 is 15.2 Å². The average molecular weight is 251 g/mol. The summed E-state index contributed by atoms with van der Waals surface area (Å²) in [5.74, 6) is -0.393. The van der Waals surface area contributed by atoms with E-state index in [-0.39, 0.29) is 6.42 Å². The predicted molar refractivity (Wildman–Crippen MR) is 70.3 cm³/mol. The fourth-order valence-electron chi connectivity index (χ4n) is 1.71. The molecule has 1 aromatic carbocycles. The summed E-state index contributed by atoms with van der Waals surface area (Å²) < 4.78 is 4.49. The Bertz CT molecular complexity index is 404. The van der Waals surface area contributed by atoms with Gasteiger partial charge >= 0.3 is 5.97 Å². The van der Waals surface area contributed by atoms with Crippen LogP contribution < -0.4 is 5.32 Å². The number of aliphatic hydroxyl groups excluding tert-OH is 1. The van der Waals surface area contributed by atoms with Crippen molar-refractivity contribution in [2.45, 2.75) is 32.9 Å². The monoisotopic (exact) mass is 251 g/mol. The quantitative estimate of drug-likeness (QED) is 0.749. The summed E-state index contributed by atoms with van der Waals surface area (Å²) in [6.07, 6.45) is -0.682. The molecule has 0 aliphatic rings. The Morgan fingerprint density at radius 2 is 2.17 bits per heavy atom. The molecule has 0 radical (unpaired) electrons. The molecule has 2 N–H and O–H groups in total. The van der Waals surface area contributed by atoms with E-state index in [9.17, 15) is 9.90 Å². The fourth-order valence-corrected chi connectivity index (χ4v) is 1.71. The van der Waals surface area contributed by atoms with Crippen molar-refractivity contribution >= 4 is 5.97 Å². The second kappa shape index (κ2) is 7.13. The van der Waals surface area contributed by atoms with E-state index in [1.54, 1.807) is 0 Å². The molecule has 4 nitrogen and oxygen atoms in total. The Hall–Kier alpha value is -1.39. The van der Waals surface area contributed by atoms with Crippen molar-refractivity contribution < 1.29 is 14.6 Å². The molecular weight excluding hydrogens is 230 g/mol. The van der Waals surface area contributed by atoms with Gasteiger partial charge in [-0.2, -0.15) is 0 Å². The molecule has 0 saturated heterocycles. The van der Waals surface area contributed by atoms with Crippen LogP contribution in [0, 0.1) is 13.8 Å². The van der Waals surface area contributed by atoms with Gasteiger partial charge in [0.05, 0.1) is 19.6 Å². The number of methoxy groups -OCH3 is 1. The molecule has 0 bridgehead atoms. The second-order valence-corrected chi connectivity index (χ2v) is 4.49. The molecule has 0 aliphatic carbocycles. The number of benzene rings is 1. The summed E-state index contributed by atoms with van der Waals surface area (Å²) in [7, 11) is 1.32. The van der Waals surface area contributed by atoms with E-state index in [2.05, 4.69) is 42.1 Å². The molecule has 100 valence electrons. The highest BCUT2D eigenvalue weighted by molar-refractivity contribution is 5.69. The molecule has 0 saturated carbocycles. The summed E-state index contributed by atoms with van der Waals surface area (Å²) in [4.78, 5) is 10.9. The van der Waals surface area contributed by atoms with Crippen LogP contribution in [0.3, 0.4) is 0 Å². The molecular formula is C14H21NO3. The first-order valence-corrected chi connectivity index (χ1v) is 6.04. The van der Waals surface area contributed by atoms with Crippen LogP contribution in [0.15, 0.2) is 18.2 Å². The smallest absolute Gasteiger partial charge is 0.308 e. The maximum atomic E-state index is 10.9. The molecule has 18 heavy (non-hydrogen) atoms. The van der Waals surface area contributed by atoms with Crippen LogP contribution >= 0.6 is 0 Å². The fraction of sp³-hybridized carbons (Fsp3) is 0.500. The minimum Gasteiger partial charge on any atom is -0.469 e. The third-order valence-corrected chi connectivity index (χ3v) is 2.83. The van der Waals surface area contributed by atoms with Crippen molar-refractivity contribution in [3.05, 3.63) is 34.9 Å². The number of esters is 1. The summed E-state index contributed by atoms with van der Waals surface area (Å²) in [5.41, 5.74) is 3.64. The Balaban J connectivity index is 2.37. The zero-order valence-electron chi connectivity index (χ0n) is 11.2. The van der Waals surface area contributed by atoms with Crippen LogP contribution in [0.25, 0.3) is 0 Å². The van der Waals surface area contributed by atoms with Gasteiger partial charge in [0.2, 0.25) is 0 Å². The van der Waals surface area contributed by atoms with E-state index >= 15 is 0 Å². The van der Waals surface area contributed by atoms with Gasteiger partial charge in [-0.05, 0) is 25.0 Å². The lowest BCUT2D eigenvalue weighted by Crippen LogP contribution is -2.29. The largest absolute Gasteiger partial charge is 0.469 e. The molecule has 0 heterocycles. The number of ether oxygens (including phenoxy) is 1. The molecule has 1 unspecified atom stereocenters. The minimum atomic E-state index is -0.706. The van der Waals surface area contributed by atoms with Gasteiger partial charge in [-0.1, -0.05) is 23.8 Å². The summed E-state index contributed by atoms with van der Waals surface area (Å²) in [6.45, 7) is 5.17. The number of carbonyl (C=O) groups excluding carboxylic acids is 1. The zero-order chi connectivity index (χ0) is 13.5. The van der Waals surface area contributed by atoms with Gasteiger partial charge in [-0.3, -0.25) is 4.79 Å². The SMILES string of the molecule is COC(=O)CC(O)CNCc1cc(C)ccc1C. The lowest BCUT2D eigenvalue weighted by Gasteiger charge is -2.12. The van der Waals surface area contributed by atoms with E-state index in [1.165, 1.54) is 23.8 Å². The molecule has 1 atom stereocenters. The number of aliphatic hydroxyl groups is 1. The predicted octanol–water partition coefficient (Wildman–Crippen LogP) is 1.32. The first-order valence-electron chi connectivity index (χ1n) is 6.04. The van der Waals surface area contributed by atoms with Gasteiger partial charge in [-0.15, -0.1) is 0 Å². The van der Waals surface area contributed by atoms with Crippen molar-refractivity contribution in [1.82, 2.24) is 5.32 Å². The summed E-state index contributed by atoms with van der Waals surface area (Å²) in [5, 5.41) is 12.7. The topological polar surface area (TPSA) is 58.6 Å². The van der Waals surface area contributed by atoms with Crippen LogP contribution in [0.4, 0.5) is 0 Å². The first kappa shape index (κ1) is 14.7. The van der Waals surface area contributed by atoms with E-state index < -0.39 is 12.1 Å². The summed E-state index contributed by atoms with van der Waals surface area (Å²) in [6, 6.07) is 6.27. The number of aryl methyl sites for hydroxylation is 2. The number of hydrogen-bond donors (Lipinski definition) is 2. The van der Waals surface area contributed by atoms with Crippen molar-refractivity contribution in [2.75, 3.05) is 13.7 Å². The van der Waals surface area contributed by atoms with Gasteiger partial charge in [-0.25, -0.2) is 0 Å². The highest BCUT2D eigenvalue weighted by Gasteiger charge is 2.10. The van der Waals surface area contributed by atoms with E-state index in [4.69, 9.17) is 0 Å². The van der Waals surface area contributed by atoms with Crippen LogP contribution in [0.5, 0.6) is 0 Å². The summed E-state index contributed by atoms with van der Waals surface area (Å²) >= 11 is 0. The maximum Gasteiger partial charge on any atom is 0.308 e. The Morgan fingerprint density at radius 3 is 2.83 bits per heavy atom. The van der Waals surface area contributed by atoms with E-state index in [1.807, 2.05) is 0 Å². The van der Waals surface area contributed by atoms with Crippen molar-refractivity contribution in [3.63, 3.8) is 0 Å². The number of carbonyl (C=O) groups is 1. The van der Waals surface area contributed by atoms with Gasteiger partial charge in [0, 0.05) is 13.1 Å². The van der Waals surface area contributed by atoms with Crippen molar-refractivity contribution in [3.8, 4) is 0 Å². The zero-order valence-corrected chi connectivity index (χ0v) is 11.2. The molecule has 1 aromatic rings. The van der Waals surface area contributed by atoms with Crippen LogP contribution in [0.2, 0.25) is 0 Å². The van der Waals surface area contributed by atoms with Gasteiger partial charge in [0.25, 0.3) is 0 Å². The lowest BCUT2D eigenvalue weighted by molar-refractivity contribution is -0.142.